The van der Waals surface area contributed by atoms with E-state index in [1.54, 1.807) is 37.9 Å². The topological polar surface area (TPSA) is 120 Å². The van der Waals surface area contributed by atoms with Crippen molar-refractivity contribution in [1.82, 2.24) is 25.3 Å². The molecule has 4 amide bonds. The summed E-state index contributed by atoms with van der Waals surface area (Å²) in [7, 11) is 0. The quantitative estimate of drug-likeness (QED) is 0.397. The number of para-hydroxylation sites is 1. The fourth-order valence-corrected chi connectivity index (χ4v) is 5.42. The third kappa shape index (κ3) is 6.11. The van der Waals surface area contributed by atoms with Gasteiger partial charge in [0.15, 0.2) is 0 Å². The highest BCUT2D eigenvalue weighted by Gasteiger charge is 2.34. The van der Waals surface area contributed by atoms with E-state index in [-0.39, 0.29) is 24.5 Å². The SMILES string of the molecule is CC(C)(C)OC(=O)C(Cc1cc(Cl)c2[nH]ncc2c1)NC(=O)N1CCC(N2Cc3ccccc3NC2=O)CC1. The number of nitrogens with zero attached hydrogens (tertiary/aromatic N) is 3. The van der Waals surface area contributed by atoms with Crippen molar-refractivity contribution in [2.24, 2.45) is 0 Å². The highest BCUT2D eigenvalue weighted by Crippen LogP contribution is 2.28. The van der Waals surface area contributed by atoms with Crippen molar-refractivity contribution in [1.29, 1.82) is 0 Å². The second-order valence-corrected chi connectivity index (χ2v) is 11.5. The van der Waals surface area contributed by atoms with Crippen molar-refractivity contribution in [2.75, 3.05) is 18.4 Å². The lowest BCUT2D eigenvalue weighted by Gasteiger charge is -2.40. The molecule has 0 bridgehead atoms. The number of piperidine rings is 1. The summed E-state index contributed by atoms with van der Waals surface area (Å²) in [5, 5.41) is 14.0. The van der Waals surface area contributed by atoms with Gasteiger partial charge >= 0.3 is 18.0 Å². The molecule has 1 atom stereocenters. The molecule has 11 heteroatoms. The number of urea groups is 2. The van der Waals surface area contributed by atoms with Gasteiger partial charge in [-0.15, -0.1) is 0 Å². The minimum Gasteiger partial charge on any atom is -0.458 e. The average molecular weight is 553 g/mol. The van der Waals surface area contributed by atoms with Gasteiger partial charge in [0.25, 0.3) is 0 Å². The minimum atomic E-state index is -0.903. The molecule has 206 valence electrons. The van der Waals surface area contributed by atoms with E-state index in [0.717, 1.165) is 22.2 Å². The number of hydrogen-bond donors (Lipinski definition) is 3. The van der Waals surface area contributed by atoms with Gasteiger partial charge in [-0.2, -0.15) is 5.10 Å². The molecular formula is C28H33ClN6O4. The zero-order valence-electron chi connectivity index (χ0n) is 22.3. The number of ether oxygens (including phenoxy) is 1. The number of fused-ring (bicyclic) bond motifs is 2. The zero-order valence-corrected chi connectivity index (χ0v) is 23.0. The van der Waals surface area contributed by atoms with Crippen LogP contribution in [0.4, 0.5) is 15.3 Å². The molecule has 2 aromatic carbocycles. The Balaban J connectivity index is 1.24. The van der Waals surface area contributed by atoms with Gasteiger partial charge in [0.2, 0.25) is 0 Å². The molecule has 3 heterocycles. The standard InChI is InChI=1S/C28H33ClN6O4/c1-28(2,3)39-25(36)23(14-17-12-19-15-30-33-24(19)21(29)13-17)32-26(37)34-10-8-20(9-11-34)35-16-18-6-4-5-7-22(18)31-27(35)38/h4-7,12-13,15,20,23H,8-11,14,16H2,1-3H3,(H,30,33)(H,31,38)(H,32,37). The fourth-order valence-electron chi connectivity index (χ4n) is 5.13. The Kier molecular flexibility index (Phi) is 7.40. The predicted octanol–water partition coefficient (Wildman–Crippen LogP) is 4.69. The summed E-state index contributed by atoms with van der Waals surface area (Å²) >= 11 is 6.40. The smallest absolute Gasteiger partial charge is 0.329 e. The Morgan fingerprint density at radius 2 is 1.95 bits per heavy atom. The maximum atomic E-state index is 13.3. The maximum absolute atomic E-state index is 13.3. The lowest BCUT2D eigenvalue weighted by atomic mass is 10.0. The van der Waals surface area contributed by atoms with Gasteiger partial charge in [-0.3, -0.25) is 5.10 Å². The van der Waals surface area contributed by atoms with Crippen molar-refractivity contribution in [3.05, 3.63) is 58.7 Å². The first-order valence-electron chi connectivity index (χ1n) is 13.1. The van der Waals surface area contributed by atoms with Crippen molar-refractivity contribution in [3.8, 4) is 0 Å². The monoisotopic (exact) mass is 552 g/mol. The Morgan fingerprint density at radius 3 is 2.69 bits per heavy atom. The molecule has 0 aliphatic carbocycles. The van der Waals surface area contributed by atoms with E-state index in [9.17, 15) is 14.4 Å². The number of carbonyl (C=O) groups excluding carboxylic acids is 3. The lowest BCUT2D eigenvalue weighted by molar-refractivity contribution is -0.157. The number of nitrogens with one attached hydrogen (secondary N) is 3. The van der Waals surface area contributed by atoms with Crippen LogP contribution in [0.15, 0.2) is 42.6 Å². The molecule has 5 rings (SSSR count). The zero-order chi connectivity index (χ0) is 27.7. The summed E-state index contributed by atoms with van der Waals surface area (Å²) in [5.74, 6) is -0.516. The predicted molar refractivity (Wildman–Crippen MR) is 149 cm³/mol. The molecule has 0 spiro atoms. The number of rotatable bonds is 5. The molecule has 0 saturated carbocycles. The number of aromatic nitrogens is 2. The molecule has 39 heavy (non-hydrogen) atoms. The molecule has 2 aliphatic heterocycles. The Labute approximate surface area is 232 Å². The maximum Gasteiger partial charge on any atom is 0.329 e. The molecule has 10 nitrogen and oxygen atoms in total. The van der Waals surface area contributed by atoms with Gasteiger partial charge in [0, 0.05) is 43.2 Å². The molecule has 1 saturated heterocycles. The summed E-state index contributed by atoms with van der Waals surface area (Å²) in [6, 6.07) is 10.1. The van der Waals surface area contributed by atoms with E-state index in [4.69, 9.17) is 16.3 Å². The summed E-state index contributed by atoms with van der Waals surface area (Å²) in [6.45, 7) is 6.85. The fraction of sp³-hybridized carbons (Fsp3) is 0.429. The first-order chi connectivity index (χ1) is 18.6. The van der Waals surface area contributed by atoms with E-state index >= 15 is 0 Å². The van der Waals surface area contributed by atoms with Crippen molar-refractivity contribution < 1.29 is 19.1 Å². The third-order valence-corrected chi connectivity index (χ3v) is 7.34. The molecule has 1 unspecified atom stereocenters. The number of benzene rings is 2. The van der Waals surface area contributed by atoms with Crippen LogP contribution < -0.4 is 10.6 Å². The van der Waals surface area contributed by atoms with Crippen LogP contribution >= 0.6 is 11.6 Å². The molecular weight excluding hydrogens is 520 g/mol. The molecule has 3 aromatic rings. The number of hydrogen-bond acceptors (Lipinski definition) is 5. The van der Waals surface area contributed by atoms with Crippen molar-refractivity contribution in [2.45, 2.75) is 64.3 Å². The van der Waals surface area contributed by atoms with Gasteiger partial charge in [-0.1, -0.05) is 29.8 Å². The highest BCUT2D eigenvalue weighted by atomic mass is 35.5. The number of aromatic amines is 1. The molecule has 1 aromatic heterocycles. The number of carbonyl (C=O) groups is 3. The average Bonchev–Trinajstić information content (AvgIpc) is 3.36. The summed E-state index contributed by atoms with van der Waals surface area (Å²) < 4.78 is 5.63. The van der Waals surface area contributed by atoms with E-state index in [1.807, 2.05) is 35.2 Å². The van der Waals surface area contributed by atoms with E-state index in [2.05, 4.69) is 20.8 Å². The van der Waals surface area contributed by atoms with Gasteiger partial charge in [-0.25, -0.2) is 14.4 Å². The molecule has 0 radical (unpaired) electrons. The molecule has 3 N–H and O–H groups in total. The summed E-state index contributed by atoms with van der Waals surface area (Å²) in [4.78, 5) is 42.7. The number of esters is 1. The second kappa shape index (κ2) is 10.8. The number of H-pyrrole nitrogens is 1. The van der Waals surface area contributed by atoms with Crippen LogP contribution in [0.5, 0.6) is 0 Å². The third-order valence-electron chi connectivity index (χ3n) is 7.04. The van der Waals surface area contributed by atoms with Gasteiger partial charge in [0.1, 0.15) is 11.6 Å². The summed E-state index contributed by atoms with van der Waals surface area (Å²) in [5.41, 5.74) is 2.70. The first-order valence-corrected chi connectivity index (χ1v) is 13.5. The van der Waals surface area contributed by atoms with Crippen LogP contribution in [-0.2, 0) is 22.5 Å². The highest BCUT2D eigenvalue weighted by molar-refractivity contribution is 6.35. The number of likely N-dealkylation sites (tertiary alicyclic amines) is 1. The Morgan fingerprint density at radius 1 is 1.21 bits per heavy atom. The Bertz CT molecular complexity index is 1390. The van der Waals surface area contributed by atoms with Crippen molar-refractivity contribution >= 4 is 46.2 Å². The lowest BCUT2D eigenvalue weighted by Crippen LogP contribution is -2.55. The number of anilines is 1. The van der Waals surface area contributed by atoms with Crippen LogP contribution in [0.2, 0.25) is 5.02 Å². The van der Waals surface area contributed by atoms with Crippen LogP contribution in [0.25, 0.3) is 10.9 Å². The van der Waals surface area contributed by atoms with Crippen LogP contribution in [0.3, 0.4) is 0 Å². The largest absolute Gasteiger partial charge is 0.458 e. The van der Waals surface area contributed by atoms with Crippen LogP contribution in [-0.4, -0.2) is 68.8 Å². The molecule has 1 fully saturated rings. The minimum absolute atomic E-state index is 0.0212. The first kappa shape index (κ1) is 26.8. The van der Waals surface area contributed by atoms with E-state index in [1.165, 1.54) is 0 Å². The van der Waals surface area contributed by atoms with Gasteiger partial charge in [0.05, 0.1) is 16.7 Å². The van der Waals surface area contributed by atoms with Gasteiger partial charge in [-0.05, 0) is 62.9 Å². The van der Waals surface area contributed by atoms with E-state index in [0.29, 0.717) is 43.0 Å². The summed E-state index contributed by atoms with van der Waals surface area (Å²) in [6.07, 6.45) is 3.17. The molecule has 2 aliphatic rings. The van der Waals surface area contributed by atoms with Gasteiger partial charge < -0.3 is 25.2 Å². The van der Waals surface area contributed by atoms with Crippen LogP contribution in [0.1, 0.15) is 44.7 Å². The number of amides is 4. The normalized spacial score (nSPS) is 17.0. The Hall–Kier alpha value is -3.79. The van der Waals surface area contributed by atoms with Crippen molar-refractivity contribution in [3.63, 3.8) is 0 Å². The number of halogens is 1. The van der Waals surface area contributed by atoms with E-state index < -0.39 is 17.6 Å². The van der Waals surface area contributed by atoms with Crippen LogP contribution in [0, 0.1) is 0 Å². The second-order valence-electron chi connectivity index (χ2n) is 11.1.